The van der Waals surface area contributed by atoms with Crippen molar-refractivity contribution in [3.05, 3.63) is 0 Å². The smallest absolute Gasteiger partial charge is 0.306 e. The van der Waals surface area contributed by atoms with Gasteiger partial charge in [0.1, 0.15) is 0 Å². The molecule has 1 rings (SSSR count). The molecule has 1 atom stereocenters. The molecule has 0 aromatic heterocycles. The molecular formula is C9H17ClO2. The lowest BCUT2D eigenvalue weighted by Gasteiger charge is -2.11. The Morgan fingerprint density at radius 2 is 2.00 bits per heavy atom. The summed E-state index contributed by atoms with van der Waals surface area (Å²) in [6.07, 6.45) is 5.98. The van der Waals surface area contributed by atoms with Gasteiger partial charge in [-0.15, -0.1) is 12.4 Å². The third-order valence-electron chi connectivity index (χ3n) is 2.58. The van der Waals surface area contributed by atoms with Gasteiger partial charge in [0.15, 0.2) is 0 Å². The molecule has 0 heterocycles. The lowest BCUT2D eigenvalue weighted by molar-refractivity contribution is -0.141. The number of hydrogen-bond acceptors (Lipinski definition) is 1. The fraction of sp³-hybridized carbons (Fsp3) is 0.889. The van der Waals surface area contributed by atoms with Crippen LogP contribution in [0, 0.1) is 11.8 Å². The van der Waals surface area contributed by atoms with Crippen LogP contribution in [0.1, 0.15) is 39.0 Å². The van der Waals surface area contributed by atoms with Crippen molar-refractivity contribution in [3.8, 4) is 0 Å². The quantitative estimate of drug-likeness (QED) is 0.747. The second-order valence-electron chi connectivity index (χ2n) is 3.63. The van der Waals surface area contributed by atoms with Gasteiger partial charge in [0.05, 0.1) is 5.92 Å². The molecule has 0 aromatic carbocycles. The third kappa shape index (κ3) is 3.44. The summed E-state index contributed by atoms with van der Waals surface area (Å²) in [6, 6.07) is 0. The molecule has 0 amide bonds. The van der Waals surface area contributed by atoms with Crippen LogP contribution in [0.25, 0.3) is 0 Å². The fourth-order valence-corrected chi connectivity index (χ4v) is 1.85. The van der Waals surface area contributed by atoms with Gasteiger partial charge in [-0.3, -0.25) is 4.79 Å². The summed E-state index contributed by atoms with van der Waals surface area (Å²) in [6.45, 7) is 1.81. The molecule has 72 valence electrons. The average Bonchev–Trinajstić information content (AvgIpc) is 2.39. The largest absolute Gasteiger partial charge is 0.481 e. The summed E-state index contributed by atoms with van der Waals surface area (Å²) in [5.74, 6) is -0.0869. The van der Waals surface area contributed by atoms with Gasteiger partial charge in [0, 0.05) is 0 Å². The predicted molar refractivity (Wildman–Crippen MR) is 50.6 cm³/mol. The van der Waals surface area contributed by atoms with E-state index in [4.69, 9.17) is 5.11 Å². The van der Waals surface area contributed by atoms with E-state index in [0.29, 0.717) is 5.92 Å². The van der Waals surface area contributed by atoms with E-state index in [1.807, 2.05) is 0 Å². The molecule has 1 saturated carbocycles. The van der Waals surface area contributed by atoms with E-state index in [1.165, 1.54) is 25.7 Å². The summed E-state index contributed by atoms with van der Waals surface area (Å²) in [5.41, 5.74) is 0. The summed E-state index contributed by atoms with van der Waals surface area (Å²) >= 11 is 0. The first-order valence-electron chi connectivity index (χ1n) is 4.43. The van der Waals surface area contributed by atoms with E-state index in [9.17, 15) is 4.79 Å². The Hall–Kier alpha value is -0.240. The molecule has 1 unspecified atom stereocenters. The van der Waals surface area contributed by atoms with E-state index in [0.717, 1.165) is 6.42 Å². The lowest BCUT2D eigenvalue weighted by Crippen LogP contribution is -2.12. The molecule has 0 radical (unpaired) electrons. The summed E-state index contributed by atoms with van der Waals surface area (Å²) < 4.78 is 0. The van der Waals surface area contributed by atoms with E-state index in [2.05, 4.69) is 0 Å². The minimum atomic E-state index is -0.642. The number of aliphatic carboxylic acids is 1. The Balaban J connectivity index is 0.00000121. The number of carbonyl (C=O) groups is 1. The molecule has 2 nitrogen and oxygen atoms in total. The highest BCUT2D eigenvalue weighted by Gasteiger charge is 2.20. The number of carboxylic acids is 1. The van der Waals surface area contributed by atoms with Crippen LogP contribution in [0.4, 0.5) is 0 Å². The van der Waals surface area contributed by atoms with Crippen molar-refractivity contribution in [1.82, 2.24) is 0 Å². The maximum Gasteiger partial charge on any atom is 0.306 e. The first-order chi connectivity index (χ1) is 5.20. The molecule has 0 saturated heterocycles. The van der Waals surface area contributed by atoms with E-state index in [1.54, 1.807) is 6.92 Å². The molecule has 3 heteroatoms. The summed E-state index contributed by atoms with van der Waals surface area (Å²) in [4.78, 5) is 10.5. The second kappa shape index (κ2) is 5.41. The highest BCUT2D eigenvalue weighted by Crippen LogP contribution is 2.30. The number of rotatable bonds is 3. The standard InChI is InChI=1S/C9H16O2.ClH/c1-7(9(10)11)6-8-4-2-3-5-8;/h7-8H,2-6H2,1H3,(H,10,11);1H. The Bertz CT molecular complexity index is 141. The van der Waals surface area contributed by atoms with Gasteiger partial charge in [-0.1, -0.05) is 32.6 Å². The van der Waals surface area contributed by atoms with E-state index >= 15 is 0 Å². The van der Waals surface area contributed by atoms with Crippen LogP contribution in [-0.2, 0) is 4.79 Å². The lowest BCUT2D eigenvalue weighted by atomic mass is 9.95. The van der Waals surface area contributed by atoms with Crippen molar-refractivity contribution < 1.29 is 9.90 Å². The number of halogens is 1. The first kappa shape index (κ1) is 11.8. The van der Waals surface area contributed by atoms with Crippen molar-refractivity contribution in [2.45, 2.75) is 39.0 Å². The third-order valence-corrected chi connectivity index (χ3v) is 2.58. The molecule has 12 heavy (non-hydrogen) atoms. The minimum Gasteiger partial charge on any atom is -0.481 e. The van der Waals surface area contributed by atoms with Gasteiger partial charge in [0.2, 0.25) is 0 Å². The Morgan fingerprint density at radius 3 is 2.42 bits per heavy atom. The van der Waals surface area contributed by atoms with Crippen molar-refractivity contribution in [2.75, 3.05) is 0 Å². The van der Waals surface area contributed by atoms with Gasteiger partial charge in [0.25, 0.3) is 0 Å². The SMILES string of the molecule is CC(CC1CCCC1)C(=O)O.Cl. The highest BCUT2D eigenvalue weighted by molar-refractivity contribution is 5.85. The van der Waals surface area contributed by atoms with Crippen LogP contribution in [0.15, 0.2) is 0 Å². The van der Waals surface area contributed by atoms with Crippen molar-refractivity contribution in [2.24, 2.45) is 11.8 Å². The van der Waals surface area contributed by atoms with Crippen LogP contribution in [0.2, 0.25) is 0 Å². The van der Waals surface area contributed by atoms with Gasteiger partial charge >= 0.3 is 5.97 Å². The molecule has 0 bridgehead atoms. The summed E-state index contributed by atoms with van der Waals surface area (Å²) in [7, 11) is 0. The molecule has 0 aliphatic heterocycles. The molecule has 1 fully saturated rings. The topological polar surface area (TPSA) is 37.3 Å². The van der Waals surface area contributed by atoms with E-state index < -0.39 is 5.97 Å². The van der Waals surface area contributed by atoms with E-state index in [-0.39, 0.29) is 18.3 Å². The summed E-state index contributed by atoms with van der Waals surface area (Å²) in [5, 5.41) is 8.64. The average molecular weight is 193 g/mol. The maximum absolute atomic E-state index is 10.5. The minimum absolute atomic E-state index is 0. The maximum atomic E-state index is 10.5. The van der Waals surface area contributed by atoms with Gasteiger partial charge in [-0.2, -0.15) is 0 Å². The zero-order valence-electron chi connectivity index (χ0n) is 7.45. The van der Waals surface area contributed by atoms with Crippen LogP contribution >= 0.6 is 12.4 Å². The molecular weight excluding hydrogens is 176 g/mol. The highest BCUT2D eigenvalue weighted by atomic mass is 35.5. The van der Waals surface area contributed by atoms with Crippen molar-refractivity contribution in [3.63, 3.8) is 0 Å². The Kier molecular flexibility index (Phi) is 5.31. The second-order valence-corrected chi connectivity index (χ2v) is 3.63. The van der Waals surface area contributed by atoms with Crippen LogP contribution in [-0.4, -0.2) is 11.1 Å². The van der Waals surface area contributed by atoms with Crippen LogP contribution in [0.5, 0.6) is 0 Å². The van der Waals surface area contributed by atoms with Gasteiger partial charge in [-0.25, -0.2) is 0 Å². The van der Waals surface area contributed by atoms with Gasteiger partial charge < -0.3 is 5.11 Å². The molecule has 0 spiro atoms. The van der Waals surface area contributed by atoms with Crippen LogP contribution in [0.3, 0.4) is 0 Å². The Labute approximate surface area is 79.8 Å². The predicted octanol–water partition coefficient (Wildman–Crippen LogP) is 2.71. The first-order valence-corrected chi connectivity index (χ1v) is 4.43. The monoisotopic (exact) mass is 192 g/mol. The molecule has 1 aliphatic rings. The fourth-order valence-electron chi connectivity index (χ4n) is 1.85. The van der Waals surface area contributed by atoms with Crippen LogP contribution < -0.4 is 0 Å². The molecule has 0 aromatic rings. The Morgan fingerprint density at radius 1 is 1.50 bits per heavy atom. The van der Waals surface area contributed by atoms with Crippen molar-refractivity contribution >= 4 is 18.4 Å². The van der Waals surface area contributed by atoms with Gasteiger partial charge in [-0.05, 0) is 12.3 Å². The number of hydrogen-bond donors (Lipinski definition) is 1. The zero-order chi connectivity index (χ0) is 8.27. The molecule has 1 aliphatic carbocycles. The molecule has 1 N–H and O–H groups in total. The normalized spacial score (nSPS) is 20.1. The number of carboxylic acid groups (broad SMARTS) is 1. The zero-order valence-corrected chi connectivity index (χ0v) is 8.27. The van der Waals surface area contributed by atoms with Crippen molar-refractivity contribution in [1.29, 1.82) is 0 Å².